The number of piperazine rings is 1. The number of anilines is 1. The van der Waals surface area contributed by atoms with Crippen molar-refractivity contribution in [3.05, 3.63) is 69.0 Å². The molecule has 0 saturated carbocycles. The summed E-state index contributed by atoms with van der Waals surface area (Å²) in [6, 6.07) is 7.54. The van der Waals surface area contributed by atoms with Crippen LogP contribution in [0.5, 0.6) is 0 Å². The molecule has 1 atom stereocenters. The molecule has 11 nitrogen and oxygen atoms in total. The number of pyridine rings is 2. The van der Waals surface area contributed by atoms with Crippen LogP contribution >= 0.6 is 11.6 Å². The molecule has 1 N–H and O–H groups in total. The van der Waals surface area contributed by atoms with Crippen molar-refractivity contribution in [1.82, 2.24) is 34.6 Å². The van der Waals surface area contributed by atoms with E-state index in [1.165, 1.54) is 0 Å². The summed E-state index contributed by atoms with van der Waals surface area (Å²) in [5.41, 5.74) is 4.86. The van der Waals surface area contributed by atoms with Gasteiger partial charge >= 0.3 is 11.8 Å². The lowest BCUT2D eigenvalue weighted by molar-refractivity contribution is 0.0218. The van der Waals surface area contributed by atoms with Crippen molar-refractivity contribution in [2.45, 2.75) is 73.0 Å². The fourth-order valence-electron chi connectivity index (χ4n) is 6.19. The number of ether oxygens (including phenoxy) is 1. The van der Waals surface area contributed by atoms with Gasteiger partial charge in [0, 0.05) is 42.8 Å². The molecule has 0 bridgehead atoms. The van der Waals surface area contributed by atoms with Crippen molar-refractivity contribution in [3.63, 3.8) is 0 Å². The molecule has 4 aromatic heterocycles. The largest absolute Gasteiger partial charge is 0.444 e. The number of nitrogens with one attached hydrogen (secondary N) is 1. The van der Waals surface area contributed by atoms with Gasteiger partial charge in [-0.25, -0.2) is 19.1 Å². The number of hydrogen-bond acceptors (Lipinski definition) is 8. The van der Waals surface area contributed by atoms with E-state index >= 15 is 0 Å². The molecule has 46 heavy (non-hydrogen) atoms. The molecular formula is C34H39ClN8O3. The second kappa shape index (κ2) is 11.7. The van der Waals surface area contributed by atoms with E-state index in [4.69, 9.17) is 21.3 Å². The monoisotopic (exact) mass is 642 g/mol. The van der Waals surface area contributed by atoms with Crippen molar-refractivity contribution >= 4 is 45.4 Å². The summed E-state index contributed by atoms with van der Waals surface area (Å²) in [7, 11) is 0. The summed E-state index contributed by atoms with van der Waals surface area (Å²) < 4.78 is 7.20. The first-order valence-electron chi connectivity index (χ1n) is 15.5. The van der Waals surface area contributed by atoms with E-state index in [0.717, 1.165) is 33.3 Å². The molecule has 0 radical (unpaired) electrons. The van der Waals surface area contributed by atoms with Crippen LogP contribution in [-0.2, 0) is 4.74 Å². The molecule has 0 aliphatic carbocycles. The smallest absolute Gasteiger partial charge is 0.410 e. The van der Waals surface area contributed by atoms with Crippen LogP contribution in [0.3, 0.4) is 0 Å². The number of nitrogens with zero attached hydrogens (tertiary/aromatic N) is 7. The Kier molecular flexibility index (Phi) is 8.00. The molecule has 5 heterocycles. The highest BCUT2D eigenvalue weighted by molar-refractivity contribution is 6.34. The third-order valence-corrected chi connectivity index (χ3v) is 8.63. The number of halogens is 1. The molecule has 0 spiro atoms. The van der Waals surface area contributed by atoms with Gasteiger partial charge in [0.2, 0.25) is 0 Å². The van der Waals surface area contributed by atoms with Gasteiger partial charge < -0.3 is 14.5 Å². The first-order chi connectivity index (χ1) is 21.7. The van der Waals surface area contributed by atoms with Crippen molar-refractivity contribution in [2.24, 2.45) is 0 Å². The number of carbonyl (C=O) groups excluding carboxylic acids is 1. The molecule has 1 amide bonds. The van der Waals surface area contributed by atoms with Crippen molar-refractivity contribution in [2.75, 3.05) is 24.5 Å². The predicted molar refractivity (Wildman–Crippen MR) is 181 cm³/mol. The quantitative estimate of drug-likeness (QED) is 0.234. The second-order valence-electron chi connectivity index (χ2n) is 13.3. The van der Waals surface area contributed by atoms with Crippen molar-refractivity contribution < 1.29 is 9.53 Å². The van der Waals surface area contributed by atoms with Gasteiger partial charge in [0.05, 0.1) is 39.2 Å². The SMILES string of the molecule is Cc1ccnc(C(C)C)c1-n1c(=O)nc(N2CCN(C(=O)OC(C)(C)C)C[C@@H]2C)c2cc(Cl)c(-c3c(C)ccc4[nH]ncc34)nc21. The maximum absolute atomic E-state index is 14.3. The highest BCUT2D eigenvalue weighted by Gasteiger charge is 2.33. The normalized spacial score (nSPS) is 15.7. The maximum Gasteiger partial charge on any atom is 0.410 e. The number of fused-ring (bicyclic) bond motifs is 2. The van der Waals surface area contributed by atoms with Crippen LogP contribution in [-0.4, -0.2) is 72.0 Å². The fraction of sp³-hybridized carbons (Fsp3) is 0.412. The highest BCUT2D eigenvalue weighted by atomic mass is 35.5. The van der Waals surface area contributed by atoms with Crippen LogP contribution in [0.2, 0.25) is 5.02 Å². The lowest BCUT2D eigenvalue weighted by Crippen LogP contribution is -2.55. The van der Waals surface area contributed by atoms with E-state index in [1.807, 2.05) is 84.6 Å². The lowest BCUT2D eigenvalue weighted by Gasteiger charge is -2.41. The number of amides is 1. The number of hydrogen-bond donors (Lipinski definition) is 1. The van der Waals surface area contributed by atoms with E-state index in [9.17, 15) is 9.59 Å². The highest BCUT2D eigenvalue weighted by Crippen LogP contribution is 2.39. The molecular weight excluding hydrogens is 604 g/mol. The van der Waals surface area contributed by atoms with Gasteiger partial charge in [0.1, 0.15) is 11.4 Å². The van der Waals surface area contributed by atoms with E-state index in [1.54, 1.807) is 21.9 Å². The number of aromatic amines is 1. The Labute approximate surface area is 272 Å². The van der Waals surface area contributed by atoms with Gasteiger partial charge in [-0.05, 0) is 76.8 Å². The minimum absolute atomic E-state index is 0.0335. The van der Waals surface area contributed by atoms with E-state index < -0.39 is 11.3 Å². The Balaban J connectivity index is 1.59. The first-order valence-corrected chi connectivity index (χ1v) is 15.9. The zero-order chi connectivity index (χ0) is 33.1. The maximum atomic E-state index is 14.3. The Morgan fingerprint density at radius 1 is 1.09 bits per heavy atom. The van der Waals surface area contributed by atoms with Crippen molar-refractivity contribution in [1.29, 1.82) is 0 Å². The van der Waals surface area contributed by atoms with Crippen LogP contribution in [0.15, 0.2) is 41.5 Å². The van der Waals surface area contributed by atoms with Gasteiger partial charge in [-0.1, -0.05) is 31.5 Å². The molecule has 5 aromatic rings. The molecule has 240 valence electrons. The Morgan fingerprint density at radius 2 is 1.85 bits per heavy atom. The number of H-pyrrole nitrogens is 1. The minimum atomic E-state index is -0.599. The van der Waals surface area contributed by atoms with Gasteiger partial charge in [-0.2, -0.15) is 10.1 Å². The molecule has 1 fully saturated rings. The third kappa shape index (κ3) is 5.57. The molecule has 0 unspecified atom stereocenters. The molecule has 1 saturated heterocycles. The van der Waals surface area contributed by atoms with Crippen LogP contribution in [0.25, 0.3) is 38.9 Å². The zero-order valence-corrected chi connectivity index (χ0v) is 28.2. The Hall–Kier alpha value is -4.51. The van der Waals surface area contributed by atoms with Gasteiger partial charge in [-0.3, -0.25) is 10.1 Å². The van der Waals surface area contributed by atoms with E-state index in [-0.39, 0.29) is 18.1 Å². The van der Waals surface area contributed by atoms with E-state index in [2.05, 4.69) is 20.2 Å². The minimum Gasteiger partial charge on any atom is -0.444 e. The Bertz CT molecular complexity index is 2040. The van der Waals surface area contributed by atoms with Crippen LogP contribution < -0.4 is 10.6 Å². The molecule has 1 aliphatic heterocycles. The molecule has 1 aromatic carbocycles. The number of carbonyl (C=O) groups is 1. The summed E-state index contributed by atoms with van der Waals surface area (Å²) in [6.07, 6.45) is 3.16. The third-order valence-electron chi connectivity index (χ3n) is 8.35. The fourth-order valence-corrected chi connectivity index (χ4v) is 6.44. The second-order valence-corrected chi connectivity index (χ2v) is 13.7. The summed E-state index contributed by atoms with van der Waals surface area (Å²) in [4.78, 5) is 45.4. The lowest BCUT2D eigenvalue weighted by atomic mass is 10.00. The van der Waals surface area contributed by atoms with Crippen LogP contribution in [0, 0.1) is 13.8 Å². The van der Waals surface area contributed by atoms with Gasteiger partial charge in [-0.15, -0.1) is 0 Å². The Morgan fingerprint density at radius 3 is 2.54 bits per heavy atom. The number of aromatic nitrogens is 6. The first kappa shape index (κ1) is 31.5. The summed E-state index contributed by atoms with van der Waals surface area (Å²) in [6.45, 7) is 16.9. The average Bonchev–Trinajstić information content (AvgIpc) is 3.45. The number of rotatable bonds is 4. The summed E-state index contributed by atoms with van der Waals surface area (Å²) in [5, 5.41) is 9.21. The van der Waals surface area contributed by atoms with Crippen LogP contribution in [0.4, 0.5) is 10.6 Å². The van der Waals surface area contributed by atoms with Gasteiger partial charge in [0.25, 0.3) is 0 Å². The van der Waals surface area contributed by atoms with E-state index in [0.29, 0.717) is 52.9 Å². The van der Waals surface area contributed by atoms with Crippen LogP contribution in [0.1, 0.15) is 64.3 Å². The molecule has 12 heteroatoms. The summed E-state index contributed by atoms with van der Waals surface area (Å²) in [5.74, 6) is 0.505. The predicted octanol–water partition coefficient (Wildman–Crippen LogP) is 6.56. The number of aryl methyl sites for hydroxylation is 2. The standard InChI is InChI=1S/C34H39ClN8O3/c1-18(2)27-29(20(4)11-12-36-27)43-31-22(15-24(35)28(38-31)26-19(3)9-10-25-23(26)16-37-40-25)30(39-32(43)44)42-14-13-41(17-21(42)5)33(45)46-34(6,7)8/h9-12,15-16,18,21H,13-14,17H2,1-8H3,(H,37,40)/t21-/m0/s1. The summed E-state index contributed by atoms with van der Waals surface area (Å²) >= 11 is 7.09. The molecule has 6 rings (SSSR count). The van der Waals surface area contributed by atoms with Gasteiger partial charge in [0.15, 0.2) is 5.65 Å². The zero-order valence-electron chi connectivity index (χ0n) is 27.5. The average molecular weight is 643 g/mol. The number of benzene rings is 1. The van der Waals surface area contributed by atoms with Crippen molar-refractivity contribution in [3.8, 4) is 16.9 Å². The molecule has 1 aliphatic rings. The topological polar surface area (TPSA) is 122 Å².